The van der Waals surface area contributed by atoms with Gasteiger partial charge in [0.05, 0.1) is 0 Å². The SMILES string of the molecule is CCCNC(=O)C(CC)N(Cc1c(Cl)cccc1Cl)C(=O)CCSc1ccc(Cl)cc1. The number of amides is 2. The average molecular weight is 502 g/mol. The molecule has 0 spiro atoms. The fraction of sp³-hybridized carbons (Fsp3) is 0.391. The number of hydrogen-bond acceptors (Lipinski definition) is 3. The van der Waals surface area contributed by atoms with Gasteiger partial charge in [0, 0.05) is 50.8 Å². The van der Waals surface area contributed by atoms with E-state index in [1.807, 2.05) is 38.1 Å². The highest BCUT2D eigenvalue weighted by Crippen LogP contribution is 2.28. The fourth-order valence-corrected chi connectivity index (χ4v) is 4.55. The van der Waals surface area contributed by atoms with E-state index in [2.05, 4.69) is 5.32 Å². The van der Waals surface area contributed by atoms with E-state index in [0.717, 1.165) is 11.3 Å². The number of rotatable bonds is 11. The predicted molar refractivity (Wildman–Crippen MR) is 131 cm³/mol. The maximum atomic E-state index is 13.2. The zero-order valence-corrected chi connectivity index (χ0v) is 20.8. The molecule has 0 fully saturated rings. The molecule has 2 aromatic carbocycles. The van der Waals surface area contributed by atoms with Crippen molar-refractivity contribution in [2.75, 3.05) is 12.3 Å². The second-order valence-corrected chi connectivity index (χ2v) is 9.41. The van der Waals surface area contributed by atoms with Gasteiger partial charge in [-0.2, -0.15) is 0 Å². The largest absolute Gasteiger partial charge is 0.354 e. The number of carbonyl (C=O) groups is 2. The van der Waals surface area contributed by atoms with Crippen LogP contribution in [-0.2, 0) is 16.1 Å². The molecule has 2 amide bonds. The zero-order valence-electron chi connectivity index (χ0n) is 17.7. The number of carbonyl (C=O) groups excluding carboxylic acids is 2. The Morgan fingerprint density at radius 1 is 1.03 bits per heavy atom. The van der Waals surface area contributed by atoms with E-state index < -0.39 is 6.04 Å². The number of halogens is 3. The van der Waals surface area contributed by atoms with Crippen molar-refractivity contribution in [3.63, 3.8) is 0 Å². The molecule has 0 aliphatic heterocycles. The summed E-state index contributed by atoms with van der Waals surface area (Å²) in [6.07, 6.45) is 1.60. The van der Waals surface area contributed by atoms with Crippen LogP contribution < -0.4 is 5.32 Å². The van der Waals surface area contributed by atoms with Crippen LogP contribution in [-0.4, -0.2) is 35.1 Å². The van der Waals surface area contributed by atoms with Crippen molar-refractivity contribution in [1.82, 2.24) is 10.2 Å². The molecule has 0 aliphatic carbocycles. The summed E-state index contributed by atoms with van der Waals surface area (Å²) < 4.78 is 0. The van der Waals surface area contributed by atoms with E-state index in [1.165, 1.54) is 0 Å². The maximum absolute atomic E-state index is 13.2. The van der Waals surface area contributed by atoms with Crippen molar-refractivity contribution in [3.05, 3.63) is 63.1 Å². The van der Waals surface area contributed by atoms with E-state index in [-0.39, 0.29) is 24.8 Å². The Balaban J connectivity index is 2.17. The minimum absolute atomic E-state index is 0.115. The van der Waals surface area contributed by atoms with Crippen molar-refractivity contribution in [3.8, 4) is 0 Å². The maximum Gasteiger partial charge on any atom is 0.242 e. The molecule has 8 heteroatoms. The summed E-state index contributed by atoms with van der Waals surface area (Å²) >= 11 is 20.2. The molecule has 1 unspecified atom stereocenters. The third-order valence-electron chi connectivity index (χ3n) is 4.72. The van der Waals surface area contributed by atoms with Crippen LogP contribution in [0.25, 0.3) is 0 Å². The van der Waals surface area contributed by atoms with Crippen LogP contribution >= 0.6 is 46.6 Å². The third-order valence-corrected chi connectivity index (χ3v) is 6.70. The van der Waals surface area contributed by atoms with Crippen LogP contribution in [0.1, 0.15) is 38.7 Å². The van der Waals surface area contributed by atoms with Gasteiger partial charge in [0.25, 0.3) is 0 Å². The van der Waals surface area contributed by atoms with E-state index in [0.29, 0.717) is 39.3 Å². The Morgan fingerprint density at radius 3 is 2.26 bits per heavy atom. The van der Waals surface area contributed by atoms with Gasteiger partial charge in [0.1, 0.15) is 6.04 Å². The van der Waals surface area contributed by atoms with E-state index in [9.17, 15) is 9.59 Å². The first kappa shape index (κ1) is 25.9. The van der Waals surface area contributed by atoms with Crippen LogP contribution in [0.4, 0.5) is 0 Å². The van der Waals surface area contributed by atoms with Crippen LogP contribution in [0.15, 0.2) is 47.4 Å². The molecule has 0 aliphatic rings. The van der Waals surface area contributed by atoms with Crippen molar-refractivity contribution in [2.45, 2.75) is 50.6 Å². The molecular formula is C23H27Cl3N2O2S. The fourth-order valence-electron chi connectivity index (χ4n) is 3.07. The minimum atomic E-state index is -0.591. The van der Waals surface area contributed by atoms with Gasteiger partial charge in [0.15, 0.2) is 0 Å². The van der Waals surface area contributed by atoms with Crippen LogP contribution in [0.3, 0.4) is 0 Å². The third kappa shape index (κ3) is 7.90. The van der Waals surface area contributed by atoms with Gasteiger partial charge in [-0.3, -0.25) is 9.59 Å². The number of nitrogens with one attached hydrogen (secondary N) is 1. The van der Waals surface area contributed by atoms with Gasteiger partial charge >= 0.3 is 0 Å². The quantitative estimate of drug-likeness (QED) is 0.359. The van der Waals surface area contributed by atoms with E-state index >= 15 is 0 Å². The summed E-state index contributed by atoms with van der Waals surface area (Å²) in [5.74, 6) is 0.308. The number of thioether (sulfide) groups is 1. The number of hydrogen-bond donors (Lipinski definition) is 1. The molecule has 0 radical (unpaired) electrons. The first-order valence-electron chi connectivity index (χ1n) is 10.3. The number of nitrogens with zero attached hydrogens (tertiary/aromatic N) is 1. The Kier molecular flexibility index (Phi) is 11.0. The molecule has 0 aromatic heterocycles. The summed E-state index contributed by atoms with van der Waals surface area (Å²) in [5, 5.41) is 4.53. The lowest BCUT2D eigenvalue weighted by atomic mass is 10.1. The van der Waals surface area contributed by atoms with Crippen molar-refractivity contribution in [2.24, 2.45) is 0 Å². The highest BCUT2D eigenvalue weighted by molar-refractivity contribution is 7.99. The second-order valence-electron chi connectivity index (χ2n) is 6.99. The molecule has 31 heavy (non-hydrogen) atoms. The molecule has 2 aromatic rings. The van der Waals surface area contributed by atoms with Gasteiger partial charge in [-0.25, -0.2) is 0 Å². The monoisotopic (exact) mass is 500 g/mol. The highest BCUT2D eigenvalue weighted by atomic mass is 35.5. The summed E-state index contributed by atoms with van der Waals surface area (Å²) in [6.45, 7) is 4.63. The van der Waals surface area contributed by atoms with Gasteiger partial charge < -0.3 is 10.2 Å². The van der Waals surface area contributed by atoms with Crippen LogP contribution in [0.2, 0.25) is 15.1 Å². The molecule has 0 heterocycles. The summed E-state index contributed by atoms with van der Waals surface area (Å²) in [5.41, 5.74) is 0.645. The minimum Gasteiger partial charge on any atom is -0.354 e. The van der Waals surface area contributed by atoms with Crippen molar-refractivity contribution in [1.29, 1.82) is 0 Å². The van der Waals surface area contributed by atoms with Crippen LogP contribution in [0.5, 0.6) is 0 Å². The molecule has 0 saturated heterocycles. The van der Waals surface area contributed by atoms with Crippen LogP contribution in [0, 0.1) is 0 Å². The molecule has 2 rings (SSSR count). The lowest BCUT2D eigenvalue weighted by Gasteiger charge is -2.31. The molecular weight excluding hydrogens is 475 g/mol. The highest BCUT2D eigenvalue weighted by Gasteiger charge is 2.29. The van der Waals surface area contributed by atoms with Gasteiger partial charge in [-0.05, 0) is 49.2 Å². The zero-order chi connectivity index (χ0) is 22.8. The summed E-state index contributed by atoms with van der Waals surface area (Å²) in [4.78, 5) is 28.6. The normalized spacial score (nSPS) is 11.8. The lowest BCUT2D eigenvalue weighted by molar-refractivity contribution is -0.141. The summed E-state index contributed by atoms with van der Waals surface area (Å²) in [7, 11) is 0. The molecule has 168 valence electrons. The van der Waals surface area contributed by atoms with Gasteiger partial charge in [-0.15, -0.1) is 11.8 Å². The van der Waals surface area contributed by atoms with Crippen molar-refractivity contribution < 1.29 is 9.59 Å². The Morgan fingerprint density at radius 2 is 1.68 bits per heavy atom. The standard InChI is InChI=1S/C23H27Cl3N2O2S/c1-3-13-27-23(30)21(4-2)28(15-18-19(25)6-5-7-20(18)26)22(29)12-14-31-17-10-8-16(24)9-11-17/h5-11,21H,3-4,12-15H2,1-2H3,(H,27,30). The van der Waals surface area contributed by atoms with Crippen molar-refractivity contribution >= 4 is 58.4 Å². The van der Waals surface area contributed by atoms with E-state index in [1.54, 1.807) is 34.9 Å². The van der Waals surface area contributed by atoms with Gasteiger partial charge in [0.2, 0.25) is 11.8 Å². The Hall–Kier alpha value is -1.40. The molecule has 1 N–H and O–H groups in total. The first-order chi connectivity index (χ1) is 14.9. The molecule has 1 atom stereocenters. The second kappa shape index (κ2) is 13.2. The molecule has 0 bridgehead atoms. The summed E-state index contributed by atoms with van der Waals surface area (Å²) in [6, 6.07) is 12.1. The smallest absolute Gasteiger partial charge is 0.242 e. The Bertz CT molecular complexity index is 857. The predicted octanol–water partition coefficient (Wildman–Crippen LogP) is 6.46. The first-order valence-corrected chi connectivity index (χ1v) is 12.4. The lowest BCUT2D eigenvalue weighted by Crippen LogP contribution is -2.49. The topological polar surface area (TPSA) is 49.4 Å². The average Bonchev–Trinajstić information content (AvgIpc) is 2.75. The Labute approximate surface area is 203 Å². The van der Waals surface area contributed by atoms with Gasteiger partial charge in [-0.1, -0.05) is 54.7 Å². The van der Waals surface area contributed by atoms with E-state index in [4.69, 9.17) is 34.8 Å². The molecule has 0 saturated carbocycles. The number of benzene rings is 2. The molecule has 4 nitrogen and oxygen atoms in total.